The predicted molar refractivity (Wildman–Crippen MR) is 108 cm³/mol. The van der Waals surface area contributed by atoms with Crippen LogP contribution in [0.5, 0.6) is 0 Å². The van der Waals surface area contributed by atoms with Crippen LogP contribution >= 0.6 is 11.8 Å². The molecule has 1 fully saturated rings. The lowest BCUT2D eigenvalue weighted by molar-refractivity contribution is 0.0395. The first kappa shape index (κ1) is 21.4. The van der Waals surface area contributed by atoms with Crippen molar-refractivity contribution in [1.29, 1.82) is 5.41 Å². The highest BCUT2D eigenvalue weighted by atomic mass is 32.2. The number of ether oxygens (including phenoxy) is 1. The molecular weight excluding hydrogens is 380 g/mol. The predicted octanol–water partition coefficient (Wildman–Crippen LogP) is 4.70. The van der Waals surface area contributed by atoms with Crippen molar-refractivity contribution in [2.24, 2.45) is 10.2 Å². The van der Waals surface area contributed by atoms with Crippen LogP contribution in [0.25, 0.3) is 20.9 Å². The van der Waals surface area contributed by atoms with Gasteiger partial charge in [-0.3, -0.25) is 0 Å². The van der Waals surface area contributed by atoms with Crippen molar-refractivity contribution >= 4 is 24.1 Å². The van der Waals surface area contributed by atoms with Crippen LogP contribution in [0.3, 0.4) is 0 Å². The van der Waals surface area contributed by atoms with Crippen molar-refractivity contribution in [3.05, 3.63) is 50.7 Å². The van der Waals surface area contributed by atoms with E-state index in [-0.39, 0.29) is 13.1 Å². The minimum absolute atomic E-state index is 0.308. The monoisotopic (exact) mass is 402 g/mol. The molecule has 11 heteroatoms. The highest BCUT2D eigenvalue weighted by Crippen LogP contribution is 2.31. The summed E-state index contributed by atoms with van der Waals surface area (Å²) in [5.41, 5.74) is 16.7. The average Bonchev–Trinajstić information content (AvgIpc) is 2.70. The van der Waals surface area contributed by atoms with Gasteiger partial charge in [0.05, 0.1) is 13.1 Å². The number of hydrogen-bond acceptors (Lipinski definition) is 6. The number of aryl methyl sites for hydroxylation is 1. The molecule has 1 N–H and O–H groups in total. The van der Waals surface area contributed by atoms with Gasteiger partial charge < -0.3 is 15.0 Å². The van der Waals surface area contributed by atoms with E-state index in [9.17, 15) is 4.79 Å². The number of amides is 1. The molecule has 1 aromatic rings. The zero-order chi connectivity index (χ0) is 20.4. The number of carbonyl (C=O) groups excluding carboxylic acids is 1. The van der Waals surface area contributed by atoms with Gasteiger partial charge in [-0.2, -0.15) is 0 Å². The molecule has 1 heterocycles. The topological polar surface area (TPSA) is 151 Å². The number of benzene rings is 1. The van der Waals surface area contributed by atoms with Gasteiger partial charge in [0.2, 0.25) is 0 Å². The summed E-state index contributed by atoms with van der Waals surface area (Å²) in [5, 5.41) is 14.7. The molecule has 1 aliphatic rings. The first-order valence-electron chi connectivity index (χ1n) is 8.76. The third-order valence-corrected chi connectivity index (χ3v) is 5.68. The summed E-state index contributed by atoms with van der Waals surface area (Å²) >= 11 is 1.81. The van der Waals surface area contributed by atoms with Crippen molar-refractivity contribution in [2.75, 3.05) is 26.2 Å². The Kier molecular flexibility index (Phi) is 8.01. The van der Waals surface area contributed by atoms with E-state index in [2.05, 4.69) is 45.2 Å². The molecule has 0 unspecified atom stereocenters. The molecule has 28 heavy (non-hydrogen) atoms. The molecule has 1 amide bonds. The zero-order valence-electron chi connectivity index (χ0n) is 15.6. The highest BCUT2D eigenvalue weighted by molar-refractivity contribution is 8.00. The van der Waals surface area contributed by atoms with Gasteiger partial charge in [-0.15, -0.1) is 11.8 Å². The van der Waals surface area contributed by atoms with Crippen molar-refractivity contribution in [2.45, 2.75) is 35.5 Å². The van der Waals surface area contributed by atoms with Crippen LogP contribution in [0.1, 0.15) is 18.4 Å². The Morgan fingerprint density at radius 2 is 2.00 bits per heavy atom. The van der Waals surface area contributed by atoms with E-state index in [4.69, 9.17) is 21.2 Å². The number of rotatable bonds is 8. The maximum Gasteiger partial charge on any atom is 0.410 e. The molecule has 0 saturated carbocycles. The minimum atomic E-state index is -1.57. The Hall–Kier alpha value is -2.87. The summed E-state index contributed by atoms with van der Waals surface area (Å²) in [4.78, 5) is 20.6. The Labute approximate surface area is 167 Å². The van der Waals surface area contributed by atoms with Gasteiger partial charge in [0.1, 0.15) is 0 Å². The van der Waals surface area contributed by atoms with E-state index in [1.807, 2.05) is 17.8 Å². The van der Waals surface area contributed by atoms with E-state index < -0.39 is 11.7 Å². The largest absolute Gasteiger partial charge is 0.437 e. The number of thioether (sulfide) groups is 1. The fourth-order valence-electron chi connectivity index (χ4n) is 2.81. The standard InChI is InChI=1S/C17H22N8O2S/c1-13-3-2-4-15(9-13)28-14-5-7-25(8-6-14)16(26)27-17(10-18,11-21-23-19)12-22-24-20/h2-4,9-10,14,18H,5-8,11-12H2,1H3. The first-order chi connectivity index (χ1) is 13.5. The molecular formula is C17H22N8O2S. The van der Waals surface area contributed by atoms with E-state index in [0.717, 1.165) is 19.1 Å². The third-order valence-electron chi connectivity index (χ3n) is 4.35. The molecule has 10 nitrogen and oxygen atoms in total. The number of piperidine rings is 1. The zero-order valence-corrected chi connectivity index (χ0v) is 16.4. The first-order valence-corrected chi connectivity index (χ1v) is 9.64. The Balaban J connectivity index is 1.94. The van der Waals surface area contributed by atoms with E-state index in [1.165, 1.54) is 10.5 Å². The third kappa shape index (κ3) is 6.09. The summed E-state index contributed by atoms with van der Waals surface area (Å²) in [6, 6.07) is 8.33. The van der Waals surface area contributed by atoms with Crippen molar-refractivity contribution in [3.8, 4) is 0 Å². The molecule has 2 rings (SSSR count). The van der Waals surface area contributed by atoms with Crippen LogP contribution < -0.4 is 0 Å². The molecule has 0 spiro atoms. The fourth-order valence-corrected chi connectivity index (χ4v) is 4.06. The minimum Gasteiger partial charge on any atom is -0.437 e. The number of nitrogens with one attached hydrogen (secondary N) is 1. The summed E-state index contributed by atoms with van der Waals surface area (Å²) in [5.74, 6) is 0. The lowest BCUT2D eigenvalue weighted by atomic mass is 10.1. The normalized spacial score (nSPS) is 16.2. The van der Waals surface area contributed by atoms with Crippen LogP contribution in [-0.4, -0.2) is 54.2 Å². The Morgan fingerprint density at radius 1 is 1.36 bits per heavy atom. The molecule has 0 radical (unpaired) electrons. The van der Waals surface area contributed by atoms with Crippen LogP contribution in [0, 0.1) is 12.3 Å². The number of azide groups is 2. The van der Waals surface area contributed by atoms with Gasteiger partial charge >= 0.3 is 6.09 Å². The van der Waals surface area contributed by atoms with E-state index in [0.29, 0.717) is 18.3 Å². The van der Waals surface area contributed by atoms with Crippen molar-refractivity contribution < 1.29 is 9.53 Å². The second-order valence-corrected chi connectivity index (χ2v) is 7.85. The maximum absolute atomic E-state index is 12.5. The van der Waals surface area contributed by atoms with Gasteiger partial charge in [0.25, 0.3) is 0 Å². The molecule has 0 aliphatic carbocycles. The van der Waals surface area contributed by atoms with Crippen LogP contribution in [0.15, 0.2) is 39.4 Å². The maximum atomic E-state index is 12.5. The Bertz CT molecular complexity index is 776. The number of nitrogens with zero attached hydrogens (tertiary/aromatic N) is 7. The molecule has 0 bridgehead atoms. The fraction of sp³-hybridized carbons (Fsp3) is 0.529. The summed E-state index contributed by atoms with van der Waals surface area (Å²) in [6.07, 6.45) is 1.87. The van der Waals surface area contributed by atoms with Crippen molar-refractivity contribution in [3.63, 3.8) is 0 Å². The van der Waals surface area contributed by atoms with Crippen LogP contribution in [0.2, 0.25) is 0 Å². The van der Waals surface area contributed by atoms with E-state index in [1.54, 1.807) is 4.90 Å². The lowest BCUT2D eigenvalue weighted by Gasteiger charge is -2.34. The lowest BCUT2D eigenvalue weighted by Crippen LogP contribution is -2.48. The number of carbonyl (C=O) groups is 1. The Morgan fingerprint density at radius 3 is 2.54 bits per heavy atom. The number of likely N-dealkylation sites (tertiary alicyclic amines) is 1. The second-order valence-electron chi connectivity index (χ2n) is 6.48. The molecule has 1 aromatic carbocycles. The SMILES string of the molecule is Cc1cccc(SC2CCN(C(=O)OC(C=N)(CN=[N+]=[N-])CN=[N+]=[N-])CC2)c1. The smallest absolute Gasteiger partial charge is 0.410 e. The van der Waals surface area contributed by atoms with E-state index >= 15 is 0 Å². The summed E-state index contributed by atoms with van der Waals surface area (Å²) < 4.78 is 5.41. The van der Waals surface area contributed by atoms with Gasteiger partial charge in [0.15, 0.2) is 5.60 Å². The molecule has 0 aromatic heterocycles. The highest BCUT2D eigenvalue weighted by Gasteiger charge is 2.34. The van der Waals surface area contributed by atoms with Gasteiger partial charge in [-0.05, 0) is 43.0 Å². The van der Waals surface area contributed by atoms with Crippen molar-refractivity contribution in [1.82, 2.24) is 4.90 Å². The van der Waals surface area contributed by atoms with Crippen LogP contribution in [0.4, 0.5) is 4.79 Å². The molecule has 1 aliphatic heterocycles. The second kappa shape index (κ2) is 10.5. The molecule has 0 atom stereocenters. The summed E-state index contributed by atoms with van der Waals surface area (Å²) in [7, 11) is 0. The van der Waals surface area contributed by atoms with Gasteiger partial charge in [-0.1, -0.05) is 27.9 Å². The van der Waals surface area contributed by atoms with Gasteiger partial charge in [0, 0.05) is 39.3 Å². The van der Waals surface area contributed by atoms with Crippen LogP contribution in [-0.2, 0) is 4.74 Å². The number of hydrogen-bond donors (Lipinski definition) is 1. The quantitative estimate of drug-likeness (QED) is 0.290. The van der Waals surface area contributed by atoms with Gasteiger partial charge in [-0.25, -0.2) is 4.79 Å². The average molecular weight is 402 g/mol. The summed E-state index contributed by atoms with van der Waals surface area (Å²) in [6.45, 7) is 2.50. The molecule has 148 valence electrons. The molecule has 1 saturated heterocycles.